The summed E-state index contributed by atoms with van der Waals surface area (Å²) in [7, 11) is 3.26. The van der Waals surface area contributed by atoms with E-state index in [2.05, 4.69) is 4.98 Å². The maximum Gasteiger partial charge on any atom is 0.272 e. The fourth-order valence-corrected chi connectivity index (χ4v) is 2.20. The minimum Gasteiger partial charge on any atom is -0.497 e. The molecule has 0 radical (unpaired) electrons. The van der Waals surface area contributed by atoms with E-state index in [1.54, 1.807) is 34.1 Å². The fraction of sp³-hybridized carbons (Fsp3) is 0.375. The van der Waals surface area contributed by atoms with Gasteiger partial charge in [-0.2, -0.15) is 0 Å². The molecule has 0 aliphatic heterocycles. The van der Waals surface area contributed by atoms with E-state index in [-0.39, 0.29) is 12.5 Å². The zero-order chi connectivity index (χ0) is 15.6. The molecule has 0 fully saturated rings. The van der Waals surface area contributed by atoms with Crippen molar-refractivity contribution in [2.45, 2.75) is 19.4 Å². The smallest absolute Gasteiger partial charge is 0.272 e. The van der Waals surface area contributed by atoms with Crippen LogP contribution < -0.4 is 4.74 Å². The third-order valence-corrected chi connectivity index (χ3v) is 3.09. The van der Waals surface area contributed by atoms with Crippen molar-refractivity contribution in [2.75, 3.05) is 20.7 Å². The molecule has 0 aliphatic rings. The highest BCUT2D eigenvalue weighted by Gasteiger charge is 2.21. The van der Waals surface area contributed by atoms with Crippen LogP contribution in [0.25, 0.3) is 10.9 Å². The van der Waals surface area contributed by atoms with Gasteiger partial charge in [0.2, 0.25) is 0 Å². The van der Waals surface area contributed by atoms with E-state index in [4.69, 9.17) is 4.74 Å². The SMILES string of the molecule is COc1ccc2nc(C(=O)N(C)CC(C)(C)O)ccc2c1. The van der Waals surface area contributed by atoms with Gasteiger partial charge in [-0.15, -0.1) is 0 Å². The largest absolute Gasteiger partial charge is 0.497 e. The number of fused-ring (bicyclic) bond motifs is 1. The van der Waals surface area contributed by atoms with Crippen LogP contribution in [0.3, 0.4) is 0 Å². The molecule has 0 saturated heterocycles. The summed E-state index contributed by atoms with van der Waals surface area (Å²) in [6.07, 6.45) is 0. The number of hydrogen-bond donors (Lipinski definition) is 1. The van der Waals surface area contributed by atoms with Gasteiger partial charge in [-0.05, 0) is 38.1 Å². The summed E-state index contributed by atoms with van der Waals surface area (Å²) in [5.74, 6) is 0.539. The van der Waals surface area contributed by atoms with E-state index < -0.39 is 5.60 Å². The van der Waals surface area contributed by atoms with E-state index in [1.807, 2.05) is 24.3 Å². The zero-order valence-corrected chi connectivity index (χ0v) is 12.8. The Kier molecular flexibility index (Phi) is 4.14. The van der Waals surface area contributed by atoms with E-state index in [0.29, 0.717) is 5.69 Å². The highest BCUT2D eigenvalue weighted by molar-refractivity contribution is 5.95. The minimum atomic E-state index is -0.936. The molecule has 0 spiro atoms. The Labute approximate surface area is 124 Å². The Balaban J connectivity index is 2.28. The lowest BCUT2D eigenvalue weighted by Crippen LogP contribution is -2.40. The van der Waals surface area contributed by atoms with Crippen molar-refractivity contribution >= 4 is 16.8 Å². The van der Waals surface area contributed by atoms with Crippen LogP contribution >= 0.6 is 0 Å². The van der Waals surface area contributed by atoms with Crippen LogP contribution in [0.2, 0.25) is 0 Å². The van der Waals surface area contributed by atoms with Crippen LogP contribution in [-0.2, 0) is 0 Å². The average molecular weight is 288 g/mol. The van der Waals surface area contributed by atoms with Gasteiger partial charge in [-0.3, -0.25) is 4.79 Å². The molecule has 1 amide bonds. The number of hydrogen-bond acceptors (Lipinski definition) is 4. The number of carbonyl (C=O) groups excluding carboxylic acids is 1. The molecule has 0 aliphatic carbocycles. The van der Waals surface area contributed by atoms with Crippen molar-refractivity contribution in [1.82, 2.24) is 9.88 Å². The Morgan fingerprint density at radius 3 is 2.67 bits per heavy atom. The quantitative estimate of drug-likeness (QED) is 0.935. The number of nitrogens with zero attached hydrogens (tertiary/aromatic N) is 2. The van der Waals surface area contributed by atoms with Gasteiger partial charge in [0.05, 0.1) is 18.2 Å². The van der Waals surface area contributed by atoms with E-state index in [9.17, 15) is 9.90 Å². The van der Waals surface area contributed by atoms with Crippen molar-refractivity contribution in [3.05, 3.63) is 36.0 Å². The Morgan fingerprint density at radius 1 is 1.33 bits per heavy atom. The lowest BCUT2D eigenvalue weighted by atomic mass is 10.1. The number of methoxy groups -OCH3 is 1. The summed E-state index contributed by atoms with van der Waals surface area (Å²) < 4.78 is 5.16. The van der Waals surface area contributed by atoms with E-state index >= 15 is 0 Å². The number of likely N-dealkylation sites (N-methyl/N-ethyl adjacent to an activating group) is 1. The molecular formula is C16H20N2O3. The topological polar surface area (TPSA) is 62.7 Å². The molecule has 1 aromatic carbocycles. The molecule has 0 saturated carbocycles. The van der Waals surface area contributed by atoms with Crippen LogP contribution in [-0.4, -0.2) is 47.2 Å². The molecule has 5 heteroatoms. The second-order valence-corrected chi connectivity index (χ2v) is 5.73. The van der Waals surface area contributed by atoms with Gasteiger partial charge in [0.25, 0.3) is 5.91 Å². The number of rotatable bonds is 4. The van der Waals surface area contributed by atoms with Gasteiger partial charge < -0.3 is 14.7 Å². The third kappa shape index (κ3) is 3.70. The normalized spacial score (nSPS) is 11.5. The van der Waals surface area contributed by atoms with E-state index in [1.165, 1.54) is 4.90 Å². The second kappa shape index (κ2) is 5.69. The first-order valence-electron chi connectivity index (χ1n) is 6.73. The number of aromatic nitrogens is 1. The van der Waals surface area contributed by atoms with Gasteiger partial charge in [-0.25, -0.2) is 4.98 Å². The number of aliphatic hydroxyl groups is 1. The maximum atomic E-state index is 12.3. The van der Waals surface area contributed by atoms with Crippen LogP contribution in [0.4, 0.5) is 0 Å². The number of benzene rings is 1. The highest BCUT2D eigenvalue weighted by atomic mass is 16.5. The van der Waals surface area contributed by atoms with Crippen LogP contribution in [0.5, 0.6) is 5.75 Å². The van der Waals surface area contributed by atoms with Crippen molar-refractivity contribution in [1.29, 1.82) is 0 Å². The molecule has 0 unspecified atom stereocenters. The summed E-state index contributed by atoms with van der Waals surface area (Å²) >= 11 is 0. The summed E-state index contributed by atoms with van der Waals surface area (Å²) in [6, 6.07) is 9.03. The van der Waals surface area contributed by atoms with Gasteiger partial charge >= 0.3 is 0 Å². The van der Waals surface area contributed by atoms with Crippen molar-refractivity contribution < 1.29 is 14.6 Å². The number of pyridine rings is 1. The minimum absolute atomic E-state index is 0.213. The molecular weight excluding hydrogens is 268 g/mol. The summed E-state index contributed by atoms with van der Waals surface area (Å²) in [4.78, 5) is 18.2. The third-order valence-electron chi connectivity index (χ3n) is 3.09. The predicted octanol–water partition coefficient (Wildman–Crippen LogP) is 2.09. The summed E-state index contributed by atoms with van der Waals surface area (Å²) in [6.45, 7) is 3.57. The first-order chi connectivity index (χ1) is 9.80. The first-order valence-corrected chi connectivity index (χ1v) is 6.73. The molecule has 112 valence electrons. The predicted molar refractivity (Wildman–Crippen MR) is 81.6 cm³/mol. The maximum absolute atomic E-state index is 12.3. The average Bonchev–Trinajstić information content (AvgIpc) is 2.43. The van der Waals surface area contributed by atoms with E-state index in [0.717, 1.165) is 16.7 Å². The molecule has 1 N–H and O–H groups in total. The molecule has 0 atom stereocenters. The standard InChI is InChI=1S/C16H20N2O3/c1-16(2,20)10-18(3)15(19)14-7-5-11-9-12(21-4)6-8-13(11)17-14/h5-9,20H,10H2,1-4H3. The van der Waals surface area contributed by atoms with Crippen LogP contribution in [0.15, 0.2) is 30.3 Å². The monoisotopic (exact) mass is 288 g/mol. The fourth-order valence-electron chi connectivity index (χ4n) is 2.20. The molecule has 1 aromatic heterocycles. The number of carbonyl (C=O) groups is 1. The molecule has 1 heterocycles. The van der Waals surface area contributed by atoms with Gasteiger partial charge in [0.15, 0.2) is 0 Å². The molecule has 2 aromatic rings. The second-order valence-electron chi connectivity index (χ2n) is 5.73. The van der Waals surface area contributed by atoms with Crippen molar-refractivity contribution in [2.24, 2.45) is 0 Å². The Morgan fingerprint density at radius 2 is 2.05 bits per heavy atom. The molecule has 5 nitrogen and oxygen atoms in total. The lowest BCUT2D eigenvalue weighted by Gasteiger charge is -2.25. The summed E-state index contributed by atoms with van der Waals surface area (Å²) in [5, 5.41) is 10.7. The lowest BCUT2D eigenvalue weighted by molar-refractivity contribution is 0.0365. The van der Waals surface area contributed by atoms with Crippen molar-refractivity contribution in [3.63, 3.8) is 0 Å². The molecule has 2 rings (SSSR count). The van der Waals surface area contributed by atoms with Gasteiger partial charge in [0, 0.05) is 19.0 Å². The van der Waals surface area contributed by atoms with Gasteiger partial charge in [-0.1, -0.05) is 6.07 Å². The zero-order valence-electron chi connectivity index (χ0n) is 12.8. The molecule has 0 bridgehead atoms. The highest BCUT2D eigenvalue weighted by Crippen LogP contribution is 2.20. The Hall–Kier alpha value is -2.14. The number of ether oxygens (including phenoxy) is 1. The van der Waals surface area contributed by atoms with Crippen LogP contribution in [0, 0.1) is 0 Å². The van der Waals surface area contributed by atoms with Gasteiger partial charge in [0.1, 0.15) is 11.4 Å². The summed E-state index contributed by atoms with van der Waals surface area (Å²) in [5.41, 5.74) is 0.159. The van der Waals surface area contributed by atoms with Crippen LogP contribution in [0.1, 0.15) is 24.3 Å². The first kappa shape index (κ1) is 15.3. The van der Waals surface area contributed by atoms with Crippen molar-refractivity contribution in [3.8, 4) is 5.75 Å². The molecule has 21 heavy (non-hydrogen) atoms. The Bertz CT molecular complexity index is 662. The number of amides is 1.